The minimum Gasteiger partial charge on any atom is -0.114 e. The van der Waals surface area contributed by atoms with E-state index in [4.69, 9.17) is 0 Å². The van der Waals surface area contributed by atoms with Crippen LogP contribution >= 0.6 is 7.55 Å². The van der Waals surface area contributed by atoms with Crippen molar-refractivity contribution in [2.75, 3.05) is 6.66 Å². The van der Waals surface area contributed by atoms with Crippen LogP contribution in [0.25, 0.3) is 0 Å². The number of rotatable bonds is 4. The van der Waals surface area contributed by atoms with Gasteiger partial charge in [0, 0.05) is 0 Å². The molecule has 0 spiro atoms. The molecule has 0 aliphatic carbocycles. The lowest BCUT2D eigenvalue weighted by Gasteiger charge is -2.16. The highest BCUT2D eigenvalue weighted by Gasteiger charge is 2.05. The molecule has 13 heavy (non-hydrogen) atoms. The molecular weight excluding hydrogens is 175 g/mol. The molecule has 0 fully saturated rings. The fraction of sp³-hybridized carbons (Fsp3) is 0.583. The first kappa shape index (κ1) is 12.8. The first-order chi connectivity index (χ1) is 6.00. The Hall–Kier alpha value is -0.220. The molecule has 0 aromatic heterocycles. The van der Waals surface area contributed by atoms with Crippen molar-refractivity contribution in [3.05, 3.63) is 24.8 Å². The molecule has 0 radical (unpaired) electrons. The van der Waals surface area contributed by atoms with Crippen molar-refractivity contribution in [3.8, 4) is 0 Å². The minimum absolute atomic E-state index is 0.335. The SMILES string of the molecule is C=C/C=C\C(C(C)C)=[PH](/C)C(C)C. The topological polar surface area (TPSA) is 0 Å². The minimum atomic E-state index is -0.335. The highest BCUT2D eigenvalue weighted by molar-refractivity contribution is 7.59. The number of hydrogen-bond acceptors (Lipinski definition) is 0. The Labute approximate surface area is 84.1 Å². The third-order valence-electron chi connectivity index (χ3n) is 2.36. The second-order valence-electron chi connectivity index (χ2n) is 4.04. The van der Waals surface area contributed by atoms with Gasteiger partial charge < -0.3 is 0 Å². The summed E-state index contributed by atoms with van der Waals surface area (Å²) in [6, 6.07) is 0. The van der Waals surface area contributed by atoms with Crippen LogP contribution in [0.1, 0.15) is 27.7 Å². The van der Waals surface area contributed by atoms with Crippen LogP contribution in [0.5, 0.6) is 0 Å². The van der Waals surface area contributed by atoms with Gasteiger partial charge in [0.15, 0.2) is 0 Å². The van der Waals surface area contributed by atoms with E-state index in [2.05, 4.69) is 53.1 Å². The van der Waals surface area contributed by atoms with Crippen molar-refractivity contribution < 1.29 is 0 Å². The van der Waals surface area contributed by atoms with E-state index in [0.29, 0.717) is 5.92 Å². The summed E-state index contributed by atoms with van der Waals surface area (Å²) in [5, 5.41) is 1.62. The molecule has 1 atom stereocenters. The average molecular weight is 198 g/mol. The zero-order valence-corrected chi connectivity index (χ0v) is 10.6. The summed E-state index contributed by atoms with van der Waals surface area (Å²) >= 11 is 0. The van der Waals surface area contributed by atoms with Crippen molar-refractivity contribution in [2.45, 2.75) is 33.4 Å². The van der Waals surface area contributed by atoms with Gasteiger partial charge in [-0.15, -0.1) is 7.55 Å². The van der Waals surface area contributed by atoms with Crippen LogP contribution < -0.4 is 0 Å². The maximum atomic E-state index is 3.71. The van der Waals surface area contributed by atoms with Gasteiger partial charge in [-0.3, -0.25) is 0 Å². The second kappa shape index (κ2) is 6.27. The highest BCUT2D eigenvalue weighted by atomic mass is 31.1. The smallest absolute Gasteiger partial charge is 0.0220 e. The summed E-state index contributed by atoms with van der Waals surface area (Å²) in [6.45, 7) is 15.3. The molecular formula is C12H23P. The van der Waals surface area contributed by atoms with Crippen LogP contribution in [0.4, 0.5) is 0 Å². The molecule has 0 aliphatic rings. The Morgan fingerprint density at radius 3 is 2.08 bits per heavy atom. The Morgan fingerprint density at radius 1 is 1.23 bits per heavy atom. The molecule has 0 rings (SSSR count). The molecule has 0 saturated carbocycles. The van der Waals surface area contributed by atoms with Gasteiger partial charge >= 0.3 is 0 Å². The van der Waals surface area contributed by atoms with Gasteiger partial charge in [-0.1, -0.05) is 57.8 Å². The van der Waals surface area contributed by atoms with Gasteiger partial charge in [-0.25, -0.2) is 0 Å². The van der Waals surface area contributed by atoms with Crippen LogP contribution in [0.15, 0.2) is 24.8 Å². The first-order valence-corrected chi connectivity index (χ1v) is 7.08. The summed E-state index contributed by atoms with van der Waals surface area (Å²) in [4.78, 5) is 0. The van der Waals surface area contributed by atoms with E-state index >= 15 is 0 Å². The lowest BCUT2D eigenvalue weighted by molar-refractivity contribution is 0.903. The van der Waals surface area contributed by atoms with Gasteiger partial charge in [-0.2, -0.15) is 0 Å². The molecule has 0 aromatic carbocycles. The highest BCUT2D eigenvalue weighted by Crippen LogP contribution is 2.30. The van der Waals surface area contributed by atoms with Crippen molar-refractivity contribution in [3.63, 3.8) is 0 Å². The summed E-state index contributed by atoms with van der Waals surface area (Å²) in [5.41, 5.74) is 0.817. The van der Waals surface area contributed by atoms with Gasteiger partial charge in [0.1, 0.15) is 0 Å². The quantitative estimate of drug-likeness (QED) is 0.476. The van der Waals surface area contributed by atoms with Crippen molar-refractivity contribution >= 4 is 12.8 Å². The van der Waals surface area contributed by atoms with E-state index in [0.717, 1.165) is 5.66 Å². The Bertz CT molecular complexity index is 219. The fourth-order valence-corrected chi connectivity index (χ4v) is 3.22. The first-order valence-electron chi connectivity index (χ1n) is 5.00. The number of hydrogen-bond donors (Lipinski definition) is 0. The molecule has 0 heterocycles. The molecule has 0 nitrogen and oxygen atoms in total. The Balaban J connectivity index is 4.88. The maximum absolute atomic E-state index is 3.71. The van der Waals surface area contributed by atoms with Crippen molar-refractivity contribution in [1.82, 2.24) is 0 Å². The molecule has 1 heteroatoms. The third-order valence-corrected chi connectivity index (χ3v) is 5.74. The van der Waals surface area contributed by atoms with E-state index in [1.165, 1.54) is 0 Å². The Kier molecular flexibility index (Phi) is 6.16. The van der Waals surface area contributed by atoms with Crippen LogP contribution in [-0.4, -0.2) is 17.6 Å². The zero-order chi connectivity index (χ0) is 10.4. The summed E-state index contributed by atoms with van der Waals surface area (Å²) in [6.07, 6.45) is 6.18. The van der Waals surface area contributed by atoms with E-state index in [1.54, 1.807) is 5.29 Å². The molecule has 1 unspecified atom stereocenters. The van der Waals surface area contributed by atoms with Gasteiger partial charge in [-0.05, 0) is 18.2 Å². The lowest BCUT2D eigenvalue weighted by atomic mass is 10.1. The normalized spacial score (nSPS) is 15.5. The van der Waals surface area contributed by atoms with Crippen LogP contribution in [0, 0.1) is 5.92 Å². The third kappa shape index (κ3) is 4.52. The molecule has 0 bridgehead atoms. The molecule has 0 saturated heterocycles. The van der Waals surface area contributed by atoms with E-state index in [1.807, 2.05) is 6.08 Å². The molecule has 76 valence electrons. The predicted octanol–water partition coefficient (Wildman–Crippen LogP) is 3.81. The predicted molar refractivity (Wildman–Crippen MR) is 68.6 cm³/mol. The van der Waals surface area contributed by atoms with Gasteiger partial charge in [0.25, 0.3) is 0 Å². The summed E-state index contributed by atoms with van der Waals surface area (Å²) in [5.74, 6) is 0.678. The summed E-state index contributed by atoms with van der Waals surface area (Å²) < 4.78 is 0. The van der Waals surface area contributed by atoms with Crippen LogP contribution in [0.3, 0.4) is 0 Å². The second-order valence-corrected chi connectivity index (χ2v) is 7.14. The molecule has 0 N–H and O–H groups in total. The average Bonchev–Trinajstić information content (AvgIpc) is 2.04. The van der Waals surface area contributed by atoms with E-state index < -0.39 is 0 Å². The lowest BCUT2D eigenvalue weighted by Crippen LogP contribution is -2.05. The standard InChI is InChI=1S/C12H23P/c1-7-8-9-12(10(2)3)13(6)11(4)5/h7-11,13H,1H2,2-6H3/b9-8-. The molecule has 0 aromatic rings. The monoisotopic (exact) mass is 198 g/mol. The van der Waals surface area contributed by atoms with Gasteiger partial charge in [0.2, 0.25) is 0 Å². The van der Waals surface area contributed by atoms with Crippen LogP contribution in [-0.2, 0) is 0 Å². The fourth-order valence-electron chi connectivity index (χ4n) is 1.28. The Morgan fingerprint density at radius 2 is 1.77 bits per heavy atom. The number of allylic oxidation sites excluding steroid dienone is 3. The van der Waals surface area contributed by atoms with E-state index in [-0.39, 0.29) is 7.55 Å². The summed E-state index contributed by atoms with van der Waals surface area (Å²) in [7, 11) is -0.335. The van der Waals surface area contributed by atoms with Gasteiger partial charge in [0.05, 0.1) is 0 Å². The van der Waals surface area contributed by atoms with Crippen LogP contribution in [0.2, 0.25) is 0 Å². The van der Waals surface area contributed by atoms with Crippen molar-refractivity contribution in [1.29, 1.82) is 0 Å². The maximum Gasteiger partial charge on any atom is -0.0220 e. The van der Waals surface area contributed by atoms with Crippen molar-refractivity contribution in [2.24, 2.45) is 5.92 Å². The van der Waals surface area contributed by atoms with E-state index in [9.17, 15) is 0 Å². The molecule has 0 amide bonds. The largest absolute Gasteiger partial charge is 0.114 e. The zero-order valence-electron chi connectivity index (χ0n) is 9.59. The molecule has 0 aliphatic heterocycles.